The number of hydrogen-bond donors (Lipinski definition) is 2. The molecule has 1 aromatic carbocycles. The van der Waals surface area contributed by atoms with Crippen LogP contribution in [0.5, 0.6) is 5.75 Å². The number of hydrogen-bond acceptors (Lipinski definition) is 5. The third-order valence-corrected chi connectivity index (χ3v) is 4.82. The van der Waals surface area contributed by atoms with Gasteiger partial charge in [0, 0.05) is 12.7 Å². The van der Waals surface area contributed by atoms with Gasteiger partial charge in [-0.05, 0) is 48.3 Å². The molecule has 1 atom stereocenters. The predicted molar refractivity (Wildman–Crippen MR) is 107 cm³/mol. The van der Waals surface area contributed by atoms with Crippen molar-refractivity contribution < 1.29 is 9.53 Å². The molecule has 1 unspecified atom stereocenters. The normalized spacial score (nSPS) is 11.9. The highest BCUT2D eigenvalue weighted by Crippen LogP contribution is 2.18. The van der Waals surface area contributed by atoms with Gasteiger partial charge in [-0.2, -0.15) is 11.8 Å². The van der Waals surface area contributed by atoms with E-state index < -0.39 is 0 Å². The van der Waals surface area contributed by atoms with Crippen molar-refractivity contribution in [3.63, 3.8) is 0 Å². The Hall–Kier alpha value is -2.74. The van der Waals surface area contributed by atoms with E-state index in [1.165, 1.54) is 0 Å². The van der Waals surface area contributed by atoms with Crippen molar-refractivity contribution in [3.8, 4) is 5.75 Å². The van der Waals surface area contributed by atoms with E-state index in [2.05, 4.69) is 20.8 Å². The molecule has 0 fully saturated rings. The summed E-state index contributed by atoms with van der Waals surface area (Å²) in [4.78, 5) is 12.4. The minimum Gasteiger partial charge on any atom is -0.497 e. The van der Waals surface area contributed by atoms with E-state index in [0.717, 1.165) is 35.0 Å². The molecule has 3 aromatic rings. The summed E-state index contributed by atoms with van der Waals surface area (Å²) in [7, 11) is 1.63. The molecule has 0 aliphatic rings. The van der Waals surface area contributed by atoms with Crippen LogP contribution in [0.1, 0.15) is 23.9 Å². The number of urea groups is 1. The van der Waals surface area contributed by atoms with Crippen molar-refractivity contribution in [1.29, 1.82) is 0 Å². The zero-order chi connectivity index (χ0) is 19.1. The zero-order valence-electron chi connectivity index (χ0n) is 15.4. The fourth-order valence-corrected chi connectivity index (χ4v) is 3.21. The van der Waals surface area contributed by atoms with Crippen molar-refractivity contribution in [1.82, 2.24) is 25.2 Å². The first-order chi connectivity index (χ1) is 13.2. The highest BCUT2D eigenvalue weighted by Gasteiger charge is 2.20. The van der Waals surface area contributed by atoms with E-state index in [0.29, 0.717) is 6.54 Å². The zero-order valence-corrected chi connectivity index (χ0v) is 16.2. The van der Waals surface area contributed by atoms with Crippen molar-refractivity contribution in [3.05, 3.63) is 60.0 Å². The maximum absolute atomic E-state index is 12.4. The molecule has 2 amide bonds. The first kappa shape index (κ1) is 19.0. The van der Waals surface area contributed by atoms with Crippen LogP contribution in [0.15, 0.2) is 48.7 Å². The molecule has 0 aliphatic heterocycles. The Labute approximate surface area is 162 Å². The Kier molecular flexibility index (Phi) is 6.54. The maximum Gasteiger partial charge on any atom is 0.315 e. The molecule has 0 saturated carbocycles. The molecular formula is C19H23N5O2S. The standard InChI is InChI=1S/C19H23N5O2S/c1-26-15-8-6-14(7-9-15)13-20-19(25)21-16(10-12-27-2)18-23-22-17-5-3-4-11-24(17)18/h3-9,11,16H,10,12-13H2,1-2H3,(H2,20,21,25). The number of benzene rings is 1. The highest BCUT2D eigenvalue weighted by molar-refractivity contribution is 7.98. The van der Waals surface area contributed by atoms with Gasteiger partial charge in [-0.15, -0.1) is 10.2 Å². The Morgan fingerprint density at radius 1 is 1.22 bits per heavy atom. The summed E-state index contributed by atoms with van der Waals surface area (Å²) in [5.41, 5.74) is 1.77. The molecule has 142 valence electrons. The first-order valence-electron chi connectivity index (χ1n) is 8.67. The maximum atomic E-state index is 12.4. The number of pyridine rings is 1. The predicted octanol–water partition coefficient (Wildman–Crippen LogP) is 3.03. The van der Waals surface area contributed by atoms with E-state index in [4.69, 9.17) is 4.74 Å². The molecule has 7 nitrogen and oxygen atoms in total. The summed E-state index contributed by atoms with van der Waals surface area (Å²) in [6.07, 6.45) is 4.73. The van der Waals surface area contributed by atoms with E-state index >= 15 is 0 Å². The van der Waals surface area contributed by atoms with Gasteiger partial charge in [-0.3, -0.25) is 4.40 Å². The van der Waals surface area contributed by atoms with Crippen LogP contribution in [0, 0.1) is 0 Å². The number of carbonyl (C=O) groups excluding carboxylic acids is 1. The molecular weight excluding hydrogens is 362 g/mol. The summed E-state index contributed by atoms with van der Waals surface area (Å²) in [6, 6.07) is 12.9. The lowest BCUT2D eigenvalue weighted by molar-refractivity contribution is 0.235. The molecule has 2 N–H and O–H groups in total. The number of rotatable bonds is 8. The molecule has 8 heteroatoms. The molecule has 27 heavy (non-hydrogen) atoms. The summed E-state index contributed by atoms with van der Waals surface area (Å²) < 4.78 is 7.06. The van der Waals surface area contributed by atoms with Gasteiger partial charge in [0.1, 0.15) is 5.75 Å². The molecule has 0 radical (unpaired) electrons. The van der Waals surface area contributed by atoms with Gasteiger partial charge in [-0.25, -0.2) is 4.79 Å². The number of nitrogens with one attached hydrogen (secondary N) is 2. The second-order valence-electron chi connectivity index (χ2n) is 6.00. The summed E-state index contributed by atoms with van der Waals surface area (Å²) in [5.74, 6) is 2.43. The Balaban J connectivity index is 1.65. The van der Waals surface area contributed by atoms with Crippen LogP contribution in [0.2, 0.25) is 0 Å². The Morgan fingerprint density at radius 3 is 2.78 bits per heavy atom. The molecule has 2 aromatic heterocycles. The average Bonchev–Trinajstić information content (AvgIpc) is 3.14. The minimum atomic E-state index is -0.232. The molecule has 0 bridgehead atoms. The number of amides is 2. The number of nitrogens with zero attached hydrogens (tertiary/aromatic N) is 3. The van der Waals surface area contributed by atoms with Gasteiger partial charge in [0.05, 0.1) is 13.2 Å². The SMILES string of the molecule is COc1ccc(CNC(=O)NC(CCSC)c2nnc3ccccn23)cc1. The second kappa shape index (κ2) is 9.27. The molecule has 0 spiro atoms. The average molecular weight is 385 g/mol. The van der Waals surface area contributed by atoms with Crippen LogP contribution < -0.4 is 15.4 Å². The van der Waals surface area contributed by atoms with Crippen LogP contribution in [0.3, 0.4) is 0 Å². The van der Waals surface area contributed by atoms with Crippen molar-refractivity contribution in [2.24, 2.45) is 0 Å². The van der Waals surface area contributed by atoms with E-state index in [1.54, 1.807) is 18.9 Å². The highest BCUT2D eigenvalue weighted by atomic mass is 32.2. The van der Waals surface area contributed by atoms with Gasteiger partial charge in [-0.1, -0.05) is 18.2 Å². The van der Waals surface area contributed by atoms with E-state index in [1.807, 2.05) is 59.3 Å². The Morgan fingerprint density at radius 2 is 2.04 bits per heavy atom. The van der Waals surface area contributed by atoms with Crippen LogP contribution in [-0.4, -0.2) is 39.7 Å². The number of fused-ring (bicyclic) bond motifs is 1. The van der Waals surface area contributed by atoms with Crippen molar-refractivity contribution >= 4 is 23.4 Å². The van der Waals surface area contributed by atoms with Crippen LogP contribution in [-0.2, 0) is 6.54 Å². The lowest BCUT2D eigenvalue weighted by Crippen LogP contribution is -2.38. The van der Waals surface area contributed by atoms with Gasteiger partial charge in [0.2, 0.25) is 0 Å². The minimum absolute atomic E-state index is 0.217. The molecule has 3 rings (SSSR count). The number of carbonyl (C=O) groups is 1. The van der Waals surface area contributed by atoms with Gasteiger partial charge >= 0.3 is 6.03 Å². The largest absolute Gasteiger partial charge is 0.497 e. The fourth-order valence-electron chi connectivity index (χ4n) is 2.73. The monoisotopic (exact) mass is 385 g/mol. The van der Waals surface area contributed by atoms with Crippen LogP contribution in [0.25, 0.3) is 5.65 Å². The summed E-state index contributed by atoms with van der Waals surface area (Å²) in [6.45, 7) is 0.436. The van der Waals surface area contributed by atoms with Gasteiger partial charge in [0.25, 0.3) is 0 Å². The fraction of sp³-hybridized carbons (Fsp3) is 0.316. The van der Waals surface area contributed by atoms with Crippen molar-refractivity contribution in [2.45, 2.75) is 19.0 Å². The van der Waals surface area contributed by atoms with E-state index in [-0.39, 0.29) is 12.1 Å². The first-order valence-corrected chi connectivity index (χ1v) is 10.1. The van der Waals surface area contributed by atoms with Crippen LogP contribution >= 0.6 is 11.8 Å². The summed E-state index contributed by atoms with van der Waals surface area (Å²) >= 11 is 1.73. The van der Waals surface area contributed by atoms with Gasteiger partial charge in [0.15, 0.2) is 11.5 Å². The topological polar surface area (TPSA) is 80.5 Å². The molecule has 0 aliphatic carbocycles. The van der Waals surface area contributed by atoms with E-state index in [9.17, 15) is 4.79 Å². The lowest BCUT2D eigenvalue weighted by Gasteiger charge is -2.17. The van der Waals surface area contributed by atoms with Crippen LogP contribution in [0.4, 0.5) is 4.79 Å². The molecule has 0 saturated heterocycles. The Bertz CT molecular complexity index is 881. The smallest absolute Gasteiger partial charge is 0.315 e. The quantitative estimate of drug-likeness (QED) is 0.623. The second-order valence-corrected chi connectivity index (χ2v) is 6.98. The third kappa shape index (κ3) is 4.91. The number of aromatic nitrogens is 3. The van der Waals surface area contributed by atoms with Gasteiger partial charge < -0.3 is 15.4 Å². The number of thioether (sulfide) groups is 1. The number of ether oxygens (including phenoxy) is 1. The lowest BCUT2D eigenvalue weighted by atomic mass is 10.2. The third-order valence-electron chi connectivity index (χ3n) is 4.18. The number of methoxy groups -OCH3 is 1. The summed E-state index contributed by atoms with van der Waals surface area (Å²) in [5, 5.41) is 14.4. The molecule has 2 heterocycles. The van der Waals surface area contributed by atoms with Crippen molar-refractivity contribution in [2.75, 3.05) is 19.1 Å².